The molecule has 0 aliphatic heterocycles. The van der Waals surface area contributed by atoms with Crippen molar-refractivity contribution in [1.82, 2.24) is 4.98 Å². The van der Waals surface area contributed by atoms with Gasteiger partial charge in [-0.3, -0.25) is 0 Å². The molecule has 0 saturated heterocycles. The van der Waals surface area contributed by atoms with Gasteiger partial charge in [0, 0.05) is 11.6 Å². The van der Waals surface area contributed by atoms with Gasteiger partial charge in [-0.25, -0.2) is 4.98 Å². The van der Waals surface area contributed by atoms with E-state index >= 15 is 0 Å². The van der Waals surface area contributed by atoms with Gasteiger partial charge in [0.15, 0.2) is 0 Å². The summed E-state index contributed by atoms with van der Waals surface area (Å²) in [5, 5.41) is 0. The molecule has 0 saturated carbocycles. The Morgan fingerprint density at radius 2 is 1.23 bits per heavy atom. The summed E-state index contributed by atoms with van der Waals surface area (Å²) >= 11 is 0. The predicted octanol–water partition coefficient (Wildman–Crippen LogP) is 4.45. The van der Waals surface area contributed by atoms with Crippen molar-refractivity contribution in [2.75, 3.05) is 28.4 Å². The van der Waals surface area contributed by atoms with Crippen molar-refractivity contribution in [2.24, 2.45) is 0 Å². The first-order valence-corrected chi connectivity index (χ1v) is 8.12. The zero-order valence-electron chi connectivity index (χ0n) is 15.3. The first-order valence-electron chi connectivity index (χ1n) is 8.12. The number of pyridine rings is 1. The quantitative estimate of drug-likeness (QED) is 0.657. The van der Waals surface area contributed by atoms with E-state index in [-0.39, 0.29) is 0 Å². The molecule has 0 atom stereocenters. The lowest BCUT2D eigenvalue weighted by molar-refractivity contribution is 0.395. The Morgan fingerprint density at radius 1 is 0.615 bits per heavy atom. The van der Waals surface area contributed by atoms with Crippen LogP contribution in [0.15, 0.2) is 54.6 Å². The second kappa shape index (κ2) is 7.78. The Morgan fingerprint density at radius 3 is 1.85 bits per heavy atom. The molecule has 1 heterocycles. The molecule has 0 unspecified atom stereocenters. The van der Waals surface area contributed by atoms with Crippen LogP contribution in [0.3, 0.4) is 0 Å². The van der Waals surface area contributed by atoms with Crippen LogP contribution in [0, 0.1) is 0 Å². The molecule has 0 spiro atoms. The van der Waals surface area contributed by atoms with Crippen molar-refractivity contribution in [2.45, 2.75) is 0 Å². The predicted molar refractivity (Wildman–Crippen MR) is 101 cm³/mol. The number of hydrogen-bond acceptors (Lipinski definition) is 5. The van der Waals surface area contributed by atoms with Crippen molar-refractivity contribution in [1.29, 1.82) is 0 Å². The molecule has 1 aromatic heterocycles. The van der Waals surface area contributed by atoms with Crippen LogP contribution < -0.4 is 18.9 Å². The summed E-state index contributed by atoms with van der Waals surface area (Å²) in [6.45, 7) is 0. The highest BCUT2D eigenvalue weighted by molar-refractivity contribution is 5.77. The fraction of sp³-hybridized carbons (Fsp3) is 0.190. The van der Waals surface area contributed by atoms with E-state index in [1.54, 1.807) is 28.4 Å². The number of ether oxygens (including phenoxy) is 4. The standard InChI is InChI=1S/C21H21NO4/c1-23-14-11-12-15(20(13-14)26-4)16-7-5-8-17(22-16)21-18(24-2)9-6-10-19(21)25-3/h5-13H,1-4H3. The van der Waals surface area contributed by atoms with Crippen molar-refractivity contribution >= 4 is 0 Å². The minimum absolute atomic E-state index is 0.695. The fourth-order valence-electron chi connectivity index (χ4n) is 2.84. The SMILES string of the molecule is COc1ccc(-c2cccc(-c3c(OC)cccc3OC)n2)c(OC)c1. The first kappa shape index (κ1) is 17.6. The van der Waals surface area contributed by atoms with Crippen molar-refractivity contribution < 1.29 is 18.9 Å². The van der Waals surface area contributed by atoms with Crippen molar-refractivity contribution in [3.63, 3.8) is 0 Å². The second-order valence-electron chi connectivity index (χ2n) is 5.51. The third kappa shape index (κ3) is 3.28. The molecule has 2 aromatic carbocycles. The number of aromatic nitrogens is 1. The van der Waals surface area contributed by atoms with E-state index in [1.165, 1.54) is 0 Å². The lowest BCUT2D eigenvalue weighted by atomic mass is 10.1. The van der Waals surface area contributed by atoms with E-state index in [0.717, 1.165) is 28.3 Å². The number of nitrogens with zero attached hydrogens (tertiary/aromatic N) is 1. The van der Waals surface area contributed by atoms with Crippen LogP contribution in [0.5, 0.6) is 23.0 Å². The summed E-state index contributed by atoms with van der Waals surface area (Å²) in [5.41, 5.74) is 3.24. The summed E-state index contributed by atoms with van der Waals surface area (Å²) in [4.78, 5) is 4.81. The normalized spacial score (nSPS) is 10.3. The topological polar surface area (TPSA) is 49.8 Å². The molecule has 0 bridgehead atoms. The summed E-state index contributed by atoms with van der Waals surface area (Å²) in [6.07, 6.45) is 0. The van der Waals surface area contributed by atoms with Crippen LogP contribution in [-0.4, -0.2) is 33.4 Å². The number of rotatable bonds is 6. The number of methoxy groups -OCH3 is 4. The molecule has 0 N–H and O–H groups in total. The summed E-state index contributed by atoms with van der Waals surface area (Å²) in [7, 11) is 6.52. The van der Waals surface area contributed by atoms with Crippen LogP contribution in [0.25, 0.3) is 22.5 Å². The molecule has 134 valence electrons. The van der Waals surface area contributed by atoms with Gasteiger partial charge in [-0.15, -0.1) is 0 Å². The highest BCUT2D eigenvalue weighted by Gasteiger charge is 2.15. The zero-order valence-corrected chi connectivity index (χ0v) is 15.3. The average Bonchev–Trinajstić information content (AvgIpc) is 2.72. The van der Waals surface area contributed by atoms with Gasteiger partial charge in [-0.05, 0) is 36.4 Å². The molecule has 0 fully saturated rings. The highest BCUT2D eigenvalue weighted by Crippen LogP contribution is 2.39. The summed E-state index contributed by atoms with van der Waals surface area (Å²) < 4.78 is 21.8. The van der Waals surface area contributed by atoms with Crippen LogP contribution in [0.2, 0.25) is 0 Å². The van der Waals surface area contributed by atoms with E-state index in [9.17, 15) is 0 Å². The average molecular weight is 351 g/mol. The van der Waals surface area contributed by atoms with Crippen molar-refractivity contribution in [3.05, 3.63) is 54.6 Å². The molecular formula is C21H21NO4. The van der Waals surface area contributed by atoms with E-state index in [1.807, 2.05) is 54.6 Å². The lowest BCUT2D eigenvalue weighted by Crippen LogP contribution is -1.96. The monoisotopic (exact) mass is 351 g/mol. The van der Waals surface area contributed by atoms with Crippen LogP contribution in [0.4, 0.5) is 0 Å². The van der Waals surface area contributed by atoms with Crippen molar-refractivity contribution in [3.8, 4) is 45.5 Å². The molecule has 0 aliphatic rings. The van der Waals surface area contributed by atoms with E-state index in [2.05, 4.69) is 0 Å². The molecule has 3 aromatic rings. The van der Waals surface area contributed by atoms with Crippen LogP contribution in [0.1, 0.15) is 0 Å². The van der Waals surface area contributed by atoms with Crippen LogP contribution >= 0.6 is 0 Å². The minimum atomic E-state index is 0.695. The molecule has 0 amide bonds. The van der Waals surface area contributed by atoms with Gasteiger partial charge >= 0.3 is 0 Å². The highest BCUT2D eigenvalue weighted by atomic mass is 16.5. The van der Waals surface area contributed by atoms with E-state index in [0.29, 0.717) is 17.2 Å². The van der Waals surface area contributed by atoms with Gasteiger partial charge in [0.25, 0.3) is 0 Å². The van der Waals surface area contributed by atoms with Gasteiger partial charge in [0.05, 0.1) is 45.4 Å². The maximum absolute atomic E-state index is 5.51. The van der Waals surface area contributed by atoms with Gasteiger partial charge in [0.1, 0.15) is 23.0 Å². The largest absolute Gasteiger partial charge is 0.497 e. The molecule has 5 nitrogen and oxygen atoms in total. The second-order valence-corrected chi connectivity index (χ2v) is 5.51. The lowest BCUT2D eigenvalue weighted by Gasteiger charge is -2.14. The number of benzene rings is 2. The Hall–Kier alpha value is -3.21. The molecule has 3 rings (SSSR count). The Labute approximate surface area is 153 Å². The zero-order chi connectivity index (χ0) is 18.5. The molecule has 5 heteroatoms. The smallest absolute Gasteiger partial charge is 0.132 e. The van der Waals surface area contributed by atoms with Crippen LogP contribution in [-0.2, 0) is 0 Å². The number of hydrogen-bond donors (Lipinski definition) is 0. The summed E-state index contributed by atoms with van der Waals surface area (Å²) in [6, 6.07) is 17.1. The molecule has 0 aliphatic carbocycles. The Balaban J connectivity index is 2.14. The maximum atomic E-state index is 5.51. The molecule has 26 heavy (non-hydrogen) atoms. The summed E-state index contributed by atoms with van der Waals surface area (Å²) in [5.74, 6) is 2.83. The Kier molecular flexibility index (Phi) is 5.27. The Bertz CT molecular complexity index is 886. The third-order valence-electron chi connectivity index (χ3n) is 4.12. The third-order valence-corrected chi connectivity index (χ3v) is 4.12. The van der Waals surface area contributed by atoms with E-state index < -0.39 is 0 Å². The maximum Gasteiger partial charge on any atom is 0.132 e. The molecular weight excluding hydrogens is 330 g/mol. The van der Waals surface area contributed by atoms with Gasteiger partial charge in [-0.2, -0.15) is 0 Å². The first-order chi connectivity index (χ1) is 12.7. The van der Waals surface area contributed by atoms with Gasteiger partial charge in [0.2, 0.25) is 0 Å². The van der Waals surface area contributed by atoms with Gasteiger partial charge in [-0.1, -0.05) is 12.1 Å². The fourth-order valence-corrected chi connectivity index (χ4v) is 2.84. The van der Waals surface area contributed by atoms with Gasteiger partial charge < -0.3 is 18.9 Å². The van der Waals surface area contributed by atoms with E-state index in [4.69, 9.17) is 23.9 Å². The molecule has 0 radical (unpaired) electrons. The minimum Gasteiger partial charge on any atom is -0.497 e.